The van der Waals surface area contributed by atoms with Crippen LogP contribution in [-0.2, 0) is 6.42 Å². The van der Waals surface area contributed by atoms with Crippen molar-refractivity contribution in [3.63, 3.8) is 0 Å². The van der Waals surface area contributed by atoms with Gasteiger partial charge in [0.2, 0.25) is 5.76 Å². The molecule has 4 rings (SSSR count). The molecule has 9 heteroatoms. The molecule has 3 aromatic rings. The summed E-state index contributed by atoms with van der Waals surface area (Å²) in [6, 6.07) is 6.16. The number of carbonyl (C=O) groups excluding carboxylic acids is 2. The molecule has 0 fully saturated rings. The Morgan fingerprint density at radius 1 is 1.16 bits per heavy atom. The highest BCUT2D eigenvalue weighted by Gasteiger charge is 2.29. The fraction of sp³-hybridized carbons (Fsp3) is 0.227. The third-order valence-corrected chi connectivity index (χ3v) is 5.53. The third-order valence-electron chi connectivity index (χ3n) is 5.00. The number of halogens is 2. The molecule has 0 saturated heterocycles. The van der Waals surface area contributed by atoms with Gasteiger partial charge < -0.3 is 13.6 Å². The molecule has 0 bridgehead atoms. The number of hydrogen-bond acceptors (Lipinski definition) is 6. The lowest BCUT2D eigenvalue weighted by Crippen LogP contribution is -2.22. The van der Waals surface area contributed by atoms with Crippen molar-refractivity contribution in [3.8, 4) is 5.75 Å². The molecule has 0 saturated carbocycles. The third kappa shape index (κ3) is 4.24. The molecule has 31 heavy (non-hydrogen) atoms. The van der Waals surface area contributed by atoms with Gasteiger partial charge in [0.25, 0.3) is 5.91 Å². The van der Waals surface area contributed by atoms with E-state index in [1.165, 1.54) is 18.4 Å². The number of fused-ring (bicyclic) bond motifs is 1. The smallest absolute Gasteiger partial charge is 0.379 e. The van der Waals surface area contributed by atoms with Crippen LogP contribution in [0.2, 0.25) is 10.0 Å². The number of rotatable bonds is 4. The van der Waals surface area contributed by atoms with Gasteiger partial charge in [-0.1, -0.05) is 23.2 Å². The summed E-state index contributed by atoms with van der Waals surface area (Å²) in [5.74, 6) is 0.347. The van der Waals surface area contributed by atoms with E-state index < -0.39 is 5.97 Å². The standard InChI is InChI=1S/C22H18Cl2N2O5/c1-11-19-16(25-26-21(27)14-8-9-29-12(14)2)4-3-5-18(19)30-20(11)22(28)31-17-7-6-13(23)10-15(17)24/h6-10H,3-5H2,1-2H3,(H,26,27)/b25-16+. The molecule has 2 heterocycles. The maximum absolute atomic E-state index is 12.7. The summed E-state index contributed by atoms with van der Waals surface area (Å²) in [5, 5.41) is 4.94. The van der Waals surface area contributed by atoms with E-state index in [9.17, 15) is 9.59 Å². The van der Waals surface area contributed by atoms with Crippen LogP contribution in [0.15, 0.2) is 44.5 Å². The first-order chi connectivity index (χ1) is 14.8. The quantitative estimate of drug-likeness (QED) is 0.315. The number of nitrogens with one attached hydrogen (secondary N) is 1. The monoisotopic (exact) mass is 460 g/mol. The van der Waals surface area contributed by atoms with Crippen molar-refractivity contribution in [3.05, 3.63) is 74.5 Å². The lowest BCUT2D eigenvalue weighted by molar-refractivity contribution is 0.0698. The molecular formula is C22H18Cl2N2O5. The highest BCUT2D eigenvalue weighted by atomic mass is 35.5. The maximum atomic E-state index is 12.7. The first-order valence-electron chi connectivity index (χ1n) is 9.56. The van der Waals surface area contributed by atoms with Crippen molar-refractivity contribution in [2.24, 2.45) is 5.10 Å². The Bertz CT molecular complexity index is 1210. The molecule has 1 aromatic carbocycles. The zero-order valence-electron chi connectivity index (χ0n) is 16.8. The number of carbonyl (C=O) groups is 2. The Kier molecular flexibility index (Phi) is 5.89. The van der Waals surface area contributed by atoms with Crippen LogP contribution in [0.1, 0.15) is 56.4 Å². The van der Waals surface area contributed by atoms with Crippen LogP contribution in [-0.4, -0.2) is 17.6 Å². The molecule has 2 aromatic heterocycles. The number of hydrogen-bond donors (Lipinski definition) is 1. The van der Waals surface area contributed by atoms with E-state index in [0.29, 0.717) is 51.8 Å². The second-order valence-corrected chi connectivity index (χ2v) is 7.91. The molecule has 7 nitrogen and oxygen atoms in total. The van der Waals surface area contributed by atoms with E-state index in [-0.39, 0.29) is 22.4 Å². The zero-order chi connectivity index (χ0) is 22.1. The minimum atomic E-state index is -0.673. The Hall–Kier alpha value is -3.03. The van der Waals surface area contributed by atoms with Gasteiger partial charge in [0.15, 0.2) is 0 Å². The first-order valence-corrected chi connectivity index (χ1v) is 10.3. The van der Waals surface area contributed by atoms with Crippen LogP contribution in [0, 0.1) is 13.8 Å². The van der Waals surface area contributed by atoms with Crippen LogP contribution in [0.25, 0.3) is 0 Å². The van der Waals surface area contributed by atoms with Crippen molar-refractivity contribution in [1.82, 2.24) is 5.43 Å². The number of hydrazone groups is 1. The van der Waals surface area contributed by atoms with Crippen LogP contribution in [0.3, 0.4) is 0 Å². The minimum Gasteiger partial charge on any atom is -0.469 e. The average Bonchev–Trinajstić information content (AvgIpc) is 3.32. The minimum absolute atomic E-state index is 0.0719. The number of esters is 1. The van der Waals surface area contributed by atoms with Crippen molar-refractivity contribution in [1.29, 1.82) is 0 Å². The predicted molar refractivity (Wildman–Crippen MR) is 115 cm³/mol. The van der Waals surface area contributed by atoms with Crippen LogP contribution >= 0.6 is 23.2 Å². The van der Waals surface area contributed by atoms with Gasteiger partial charge in [-0.25, -0.2) is 10.2 Å². The highest BCUT2D eigenvalue weighted by Crippen LogP contribution is 2.32. The molecule has 1 amide bonds. The number of furan rings is 2. The second kappa shape index (κ2) is 8.61. The Morgan fingerprint density at radius 3 is 2.68 bits per heavy atom. The Morgan fingerprint density at radius 2 is 1.97 bits per heavy atom. The SMILES string of the molecule is Cc1occc1C(=O)N/N=C1\CCCc2oc(C(=O)Oc3ccc(Cl)cc3Cl)c(C)c21. The van der Waals surface area contributed by atoms with Crippen molar-refractivity contribution in [2.45, 2.75) is 33.1 Å². The molecule has 0 spiro atoms. The topological polar surface area (TPSA) is 94.0 Å². The van der Waals surface area contributed by atoms with E-state index in [4.69, 9.17) is 36.8 Å². The number of ether oxygens (including phenoxy) is 1. The molecule has 1 aliphatic rings. The Balaban J connectivity index is 1.58. The summed E-state index contributed by atoms with van der Waals surface area (Å²) >= 11 is 12.0. The lowest BCUT2D eigenvalue weighted by atomic mass is 9.93. The zero-order valence-corrected chi connectivity index (χ0v) is 18.3. The van der Waals surface area contributed by atoms with E-state index in [1.807, 2.05) is 0 Å². The van der Waals surface area contributed by atoms with Gasteiger partial charge in [-0.2, -0.15) is 5.10 Å². The summed E-state index contributed by atoms with van der Waals surface area (Å²) in [5.41, 5.74) is 4.91. The van der Waals surface area contributed by atoms with E-state index in [2.05, 4.69) is 10.5 Å². The Labute approximate surface area is 188 Å². The van der Waals surface area contributed by atoms with Crippen LogP contribution < -0.4 is 10.2 Å². The number of nitrogens with zero attached hydrogens (tertiary/aromatic N) is 1. The van der Waals surface area contributed by atoms with E-state index in [0.717, 1.165) is 6.42 Å². The van der Waals surface area contributed by atoms with Gasteiger partial charge in [-0.15, -0.1) is 0 Å². The van der Waals surface area contributed by atoms with Crippen molar-refractivity contribution < 1.29 is 23.2 Å². The maximum Gasteiger partial charge on any atom is 0.379 e. The van der Waals surface area contributed by atoms with Crippen LogP contribution in [0.5, 0.6) is 5.75 Å². The molecule has 1 aliphatic carbocycles. The molecule has 0 aliphatic heterocycles. The van der Waals surface area contributed by atoms with Gasteiger partial charge >= 0.3 is 5.97 Å². The normalized spacial score (nSPS) is 14.4. The summed E-state index contributed by atoms with van der Waals surface area (Å²) in [6.45, 7) is 3.46. The van der Waals surface area contributed by atoms with E-state index in [1.54, 1.807) is 26.0 Å². The van der Waals surface area contributed by atoms with Gasteiger partial charge in [0.05, 0.1) is 22.6 Å². The summed E-state index contributed by atoms with van der Waals surface area (Å²) < 4.78 is 16.4. The average molecular weight is 461 g/mol. The summed E-state index contributed by atoms with van der Waals surface area (Å²) in [4.78, 5) is 25.1. The van der Waals surface area contributed by atoms with Crippen molar-refractivity contribution in [2.75, 3.05) is 0 Å². The molecular weight excluding hydrogens is 443 g/mol. The van der Waals surface area contributed by atoms with Gasteiger partial charge in [-0.3, -0.25) is 4.79 Å². The largest absolute Gasteiger partial charge is 0.469 e. The van der Waals surface area contributed by atoms with Gasteiger partial charge in [0, 0.05) is 22.6 Å². The number of benzene rings is 1. The van der Waals surface area contributed by atoms with Crippen LogP contribution in [0.4, 0.5) is 0 Å². The van der Waals surface area contributed by atoms with Gasteiger partial charge in [-0.05, 0) is 51.0 Å². The number of aryl methyl sites for hydroxylation is 2. The summed E-state index contributed by atoms with van der Waals surface area (Å²) in [6.07, 6.45) is 3.51. The first kappa shape index (κ1) is 21.2. The fourth-order valence-corrected chi connectivity index (χ4v) is 3.93. The highest BCUT2D eigenvalue weighted by molar-refractivity contribution is 6.35. The molecule has 0 unspecified atom stereocenters. The number of amides is 1. The fourth-order valence-electron chi connectivity index (χ4n) is 3.48. The summed E-state index contributed by atoms with van der Waals surface area (Å²) in [7, 11) is 0. The van der Waals surface area contributed by atoms with Gasteiger partial charge in [0.1, 0.15) is 17.3 Å². The second-order valence-electron chi connectivity index (χ2n) is 7.06. The molecule has 1 N–H and O–H groups in total. The molecule has 0 atom stereocenters. The van der Waals surface area contributed by atoms with Crippen molar-refractivity contribution >= 4 is 40.8 Å². The molecule has 0 radical (unpaired) electrons. The lowest BCUT2D eigenvalue weighted by Gasteiger charge is -2.13. The van der Waals surface area contributed by atoms with E-state index >= 15 is 0 Å². The molecule has 160 valence electrons. The predicted octanol–water partition coefficient (Wildman–Crippen LogP) is 5.49.